The molecule has 12 heteroatoms. The molecule has 3 aromatic rings. The number of fused-ring (bicyclic) bond motifs is 2. The molecule has 0 saturated carbocycles. The van der Waals surface area contributed by atoms with Gasteiger partial charge in [-0.05, 0) is 61.9 Å². The van der Waals surface area contributed by atoms with Crippen LogP contribution in [0.5, 0.6) is 11.5 Å². The SMILES string of the molecule is CCCC1=C(C(=O)OCC)[C@H](c2ccc3c(c2)OCO3)n2c(s/c(=C/c3cc([N+](=O)[O-])ccc3N3CCC(C)CC3)c2=O)=N1. The second-order valence-electron chi connectivity index (χ2n) is 11.2. The van der Waals surface area contributed by atoms with E-state index >= 15 is 0 Å². The van der Waals surface area contributed by atoms with Crippen molar-refractivity contribution in [3.8, 4) is 11.5 Å². The Balaban J connectivity index is 1.55. The number of carbonyl (C=O) groups excluding carboxylic acids is 1. The van der Waals surface area contributed by atoms with Crippen LogP contribution in [0, 0.1) is 16.0 Å². The number of aromatic nitrogens is 1. The Kier molecular flexibility index (Phi) is 8.26. The average molecular weight is 619 g/mol. The highest BCUT2D eigenvalue weighted by Gasteiger charge is 2.35. The quantitative estimate of drug-likeness (QED) is 0.206. The van der Waals surface area contributed by atoms with Crippen LogP contribution in [0.3, 0.4) is 0 Å². The summed E-state index contributed by atoms with van der Waals surface area (Å²) in [6.07, 6.45) is 5.00. The van der Waals surface area contributed by atoms with Crippen molar-refractivity contribution in [3.63, 3.8) is 0 Å². The summed E-state index contributed by atoms with van der Waals surface area (Å²) in [5.74, 6) is 1.19. The van der Waals surface area contributed by atoms with Gasteiger partial charge in [-0.15, -0.1) is 0 Å². The number of rotatable bonds is 8. The molecule has 11 nitrogen and oxygen atoms in total. The number of non-ortho nitro benzene ring substituents is 1. The second kappa shape index (κ2) is 12.3. The lowest BCUT2D eigenvalue weighted by Crippen LogP contribution is -2.40. The van der Waals surface area contributed by atoms with Gasteiger partial charge in [0.05, 0.1) is 33.4 Å². The molecule has 230 valence electrons. The minimum Gasteiger partial charge on any atom is -0.463 e. The van der Waals surface area contributed by atoms with Crippen LogP contribution in [-0.4, -0.2) is 41.9 Å². The molecule has 0 aliphatic carbocycles. The monoisotopic (exact) mass is 618 g/mol. The van der Waals surface area contributed by atoms with Crippen LogP contribution in [0.1, 0.15) is 63.6 Å². The zero-order valence-electron chi connectivity index (χ0n) is 24.9. The number of nitrogens with zero attached hydrogens (tertiary/aromatic N) is 4. The molecule has 2 aromatic carbocycles. The van der Waals surface area contributed by atoms with E-state index in [9.17, 15) is 19.7 Å². The number of esters is 1. The lowest BCUT2D eigenvalue weighted by Gasteiger charge is -2.33. The third-order valence-corrected chi connectivity index (χ3v) is 9.22. The van der Waals surface area contributed by atoms with Gasteiger partial charge in [-0.3, -0.25) is 19.5 Å². The molecular weight excluding hydrogens is 584 g/mol. The third kappa shape index (κ3) is 5.49. The van der Waals surface area contributed by atoms with Gasteiger partial charge < -0.3 is 19.1 Å². The summed E-state index contributed by atoms with van der Waals surface area (Å²) in [5.41, 5.74) is 2.58. The highest BCUT2D eigenvalue weighted by molar-refractivity contribution is 7.07. The van der Waals surface area contributed by atoms with E-state index in [1.54, 1.807) is 31.2 Å². The Morgan fingerprint density at radius 1 is 1.16 bits per heavy atom. The maximum atomic E-state index is 14.3. The molecule has 4 heterocycles. The number of hydrogen-bond acceptors (Lipinski definition) is 10. The number of nitro benzene ring substituents is 1. The van der Waals surface area contributed by atoms with Gasteiger partial charge in [0.1, 0.15) is 0 Å². The summed E-state index contributed by atoms with van der Waals surface area (Å²) >= 11 is 1.21. The van der Waals surface area contributed by atoms with Gasteiger partial charge in [0.25, 0.3) is 11.2 Å². The van der Waals surface area contributed by atoms with E-state index in [0.717, 1.165) is 38.0 Å². The minimum atomic E-state index is -0.809. The summed E-state index contributed by atoms with van der Waals surface area (Å²) < 4.78 is 18.5. The van der Waals surface area contributed by atoms with Gasteiger partial charge in [-0.2, -0.15) is 0 Å². The normalized spacial score (nSPS) is 18.3. The smallest absolute Gasteiger partial charge is 0.338 e. The van der Waals surface area contributed by atoms with E-state index in [2.05, 4.69) is 11.8 Å². The van der Waals surface area contributed by atoms with Crippen LogP contribution in [0.15, 0.2) is 57.5 Å². The number of anilines is 1. The van der Waals surface area contributed by atoms with Crippen LogP contribution >= 0.6 is 11.3 Å². The number of nitro groups is 1. The van der Waals surface area contributed by atoms with E-state index in [1.165, 1.54) is 28.0 Å². The van der Waals surface area contributed by atoms with Crippen LogP contribution in [-0.2, 0) is 9.53 Å². The lowest BCUT2D eigenvalue weighted by molar-refractivity contribution is -0.384. The first-order chi connectivity index (χ1) is 21.3. The first-order valence-electron chi connectivity index (χ1n) is 14.9. The van der Waals surface area contributed by atoms with Crippen molar-refractivity contribution in [2.24, 2.45) is 10.9 Å². The summed E-state index contributed by atoms with van der Waals surface area (Å²) in [4.78, 5) is 46.5. The summed E-state index contributed by atoms with van der Waals surface area (Å²) in [6.45, 7) is 7.88. The summed E-state index contributed by atoms with van der Waals surface area (Å²) in [7, 11) is 0. The minimum absolute atomic E-state index is 0.0498. The largest absolute Gasteiger partial charge is 0.463 e. The summed E-state index contributed by atoms with van der Waals surface area (Å²) in [6, 6.07) is 9.36. The standard InChI is InChI=1S/C32H34N4O7S/c1-4-6-23-28(31(38)41-5-2)29(20-7-10-25-26(16-20)43-18-42-25)35-30(37)27(44-32(35)33-23)17-21-15-22(36(39)40)8-9-24(21)34-13-11-19(3)12-14-34/h7-10,15-17,19,29H,4-6,11-14,18H2,1-3H3/b27-17+/t29-/m0/s1. The maximum Gasteiger partial charge on any atom is 0.338 e. The highest BCUT2D eigenvalue weighted by Crippen LogP contribution is 2.39. The van der Waals surface area contributed by atoms with Gasteiger partial charge in [0.2, 0.25) is 6.79 Å². The number of ether oxygens (including phenoxy) is 3. The van der Waals surface area contributed by atoms with Crippen LogP contribution < -0.4 is 29.3 Å². The molecule has 0 spiro atoms. The van der Waals surface area contributed by atoms with Crippen molar-refractivity contribution in [1.82, 2.24) is 4.57 Å². The Morgan fingerprint density at radius 3 is 2.66 bits per heavy atom. The topological polar surface area (TPSA) is 126 Å². The van der Waals surface area contributed by atoms with E-state index in [-0.39, 0.29) is 24.6 Å². The number of hydrogen-bond donors (Lipinski definition) is 0. The molecule has 1 saturated heterocycles. The molecule has 6 rings (SSSR count). The fraction of sp³-hybridized carbons (Fsp3) is 0.406. The van der Waals surface area contributed by atoms with Gasteiger partial charge in [-0.25, -0.2) is 9.79 Å². The number of carbonyl (C=O) groups is 1. The molecule has 44 heavy (non-hydrogen) atoms. The van der Waals surface area contributed by atoms with Crippen molar-refractivity contribution in [2.75, 3.05) is 31.4 Å². The van der Waals surface area contributed by atoms with Gasteiger partial charge in [-0.1, -0.05) is 37.7 Å². The molecule has 3 aliphatic rings. The van der Waals surface area contributed by atoms with Crippen molar-refractivity contribution in [3.05, 3.63) is 88.6 Å². The van der Waals surface area contributed by atoms with Crippen LogP contribution in [0.4, 0.5) is 11.4 Å². The Morgan fingerprint density at radius 2 is 1.93 bits per heavy atom. The van der Waals surface area contributed by atoms with Crippen LogP contribution in [0.2, 0.25) is 0 Å². The Bertz CT molecular complexity index is 1840. The predicted octanol–water partition coefficient (Wildman–Crippen LogP) is 4.45. The third-order valence-electron chi connectivity index (χ3n) is 8.24. The van der Waals surface area contributed by atoms with Gasteiger partial charge in [0.15, 0.2) is 16.3 Å². The molecule has 3 aliphatic heterocycles. The number of allylic oxidation sites excluding steroid dienone is 1. The Labute approximate surface area is 257 Å². The van der Waals surface area contributed by atoms with E-state index in [0.29, 0.717) is 55.6 Å². The van der Waals surface area contributed by atoms with Crippen molar-refractivity contribution >= 4 is 34.8 Å². The molecule has 1 fully saturated rings. The highest BCUT2D eigenvalue weighted by atomic mass is 32.1. The van der Waals surface area contributed by atoms with Crippen LogP contribution in [0.25, 0.3) is 6.08 Å². The summed E-state index contributed by atoms with van der Waals surface area (Å²) in [5, 5.41) is 11.7. The molecule has 0 amide bonds. The second-order valence-corrected chi connectivity index (χ2v) is 12.2. The molecule has 0 radical (unpaired) electrons. The number of thiazole rings is 1. The fourth-order valence-corrected chi connectivity index (χ4v) is 6.98. The first kappa shape index (κ1) is 29.6. The molecule has 0 unspecified atom stereocenters. The molecular formula is C32H34N4O7S. The maximum absolute atomic E-state index is 14.3. The van der Waals surface area contributed by atoms with Crippen molar-refractivity contribution in [1.29, 1.82) is 0 Å². The zero-order valence-corrected chi connectivity index (χ0v) is 25.7. The number of piperidine rings is 1. The van der Waals surface area contributed by atoms with Gasteiger partial charge in [0, 0.05) is 36.5 Å². The number of benzene rings is 2. The molecule has 0 bridgehead atoms. The fourth-order valence-electron chi connectivity index (χ4n) is 5.97. The molecule has 1 aromatic heterocycles. The van der Waals surface area contributed by atoms with E-state index in [4.69, 9.17) is 19.2 Å². The first-order valence-corrected chi connectivity index (χ1v) is 15.8. The predicted molar refractivity (Wildman–Crippen MR) is 166 cm³/mol. The van der Waals surface area contributed by atoms with Crippen molar-refractivity contribution < 1.29 is 23.9 Å². The average Bonchev–Trinajstić information content (AvgIpc) is 3.60. The Hall–Kier alpha value is -4.45. The van der Waals surface area contributed by atoms with E-state index in [1.807, 2.05) is 13.0 Å². The molecule has 1 atom stereocenters. The van der Waals surface area contributed by atoms with Crippen molar-refractivity contribution in [2.45, 2.75) is 52.5 Å². The zero-order chi connectivity index (χ0) is 31.0. The van der Waals surface area contributed by atoms with E-state index < -0.39 is 16.9 Å². The van der Waals surface area contributed by atoms with Gasteiger partial charge >= 0.3 is 5.97 Å². The lowest BCUT2D eigenvalue weighted by atomic mass is 9.94. The molecule has 0 N–H and O–H groups in total.